The Labute approximate surface area is 701 Å². The number of nitrogens with one attached hydrogen (secondary N) is 9. The highest BCUT2D eigenvalue weighted by Gasteiger charge is 2.53. The standard InChI is InChI=1S/C79H88Cl2F3N11O27/c1-31(2)18-45(86-5)69(106)93-60-62(101)34-7-14-49(43(80)20-34)117-51-22-36-23-52(66(51)121-76-67(65(104)64(103)53(30-96)119-76)120-55-27-78(4,68(105)32(3)116-55)87-28-40-29-95(16-17-115-40)77(114)88-37-9-11-39(12-10-37)122-79(82,83)84)118-50-15-8-35(21-44(50)81)63(102)61-74(111)92-59(75(112)113)42-24-38(97)25-48(99)56(42)41-19-33(6-13-47(41)98)57(71(108)94-61)91-72(109)58(36)90-70(107)46(26-54(85)100)89-73(60)110/h6-15,19-25,31-32,40,45-46,53,55,57-65,67-68,76,86-87,96-99,101-105H,16-18,26-30H2,1-5H3,(H2,85,100)(H,88,114)(H,89,110)(H,90,107)(H,91,109)(H,92,111)(H,93,106)(H,94,108)(H,112,113)/t32-,40?,45+,46?,53+,55-,57+,58?,59+,60+,61-,62+,63+,64+,65-,67+,68+,76-,78-/m0/s1. The van der Waals surface area contributed by atoms with E-state index < -0.39 is 278 Å². The van der Waals surface area contributed by atoms with Gasteiger partial charge >= 0.3 is 18.4 Å². The lowest BCUT2D eigenvalue weighted by molar-refractivity contribution is -0.334. The zero-order valence-corrected chi connectivity index (χ0v) is 66.8. The molecule has 43 heteroatoms. The zero-order chi connectivity index (χ0) is 88.4. The minimum Gasteiger partial charge on any atom is -0.508 e. The number of rotatable bonds is 18. The van der Waals surface area contributed by atoms with E-state index in [-0.39, 0.29) is 61.8 Å². The van der Waals surface area contributed by atoms with Crippen LogP contribution in [0.5, 0.6) is 51.7 Å². The third kappa shape index (κ3) is 20.3. The van der Waals surface area contributed by atoms with E-state index in [1.807, 2.05) is 0 Å². The number of morpholine rings is 1. The molecule has 0 radical (unpaired) electrons. The van der Waals surface area contributed by atoms with E-state index in [0.29, 0.717) is 0 Å². The molecule has 38 nitrogen and oxygen atoms in total. The number of aliphatic hydroxyl groups is 6. The molecule has 21 N–H and O–H groups in total. The van der Waals surface area contributed by atoms with Gasteiger partial charge < -0.3 is 147 Å². The molecular formula is C79H88Cl2F3N11O27. The molecule has 8 heterocycles. The van der Waals surface area contributed by atoms with Gasteiger partial charge in [0.25, 0.3) is 0 Å². The summed E-state index contributed by atoms with van der Waals surface area (Å²) in [7, 11) is 1.46. The Kier molecular flexibility index (Phi) is 27.5. The summed E-state index contributed by atoms with van der Waals surface area (Å²) < 4.78 is 87.8. The van der Waals surface area contributed by atoms with Crippen molar-refractivity contribution < 1.29 is 145 Å². The van der Waals surface area contributed by atoms with Crippen LogP contribution in [0.15, 0.2) is 103 Å². The maximum Gasteiger partial charge on any atom is 0.573 e. The number of carboxylic acids is 1. The molecule has 0 aliphatic carbocycles. The molecule has 122 heavy (non-hydrogen) atoms. The van der Waals surface area contributed by atoms with Gasteiger partial charge in [0.2, 0.25) is 53.4 Å². The van der Waals surface area contributed by atoms with Crippen molar-refractivity contribution in [1.82, 2.24) is 47.4 Å². The van der Waals surface area contributed by atoms with Gasteiger partial charge in [-0.2, -0.15) is 0 Å². The van der Waals surface area contributed by atoms with Crippen molar-refractivity contribution in [2.24, 2.45) is 11.7 Å². The van der Waals surface area contributed by atoms with Gasteiger partial charge in [-0.15, -0.1) is 13.2 Å². The topological polar surface area (TPSA) is 567 Å². The number of fused-ring (bicyclic) bond motifs is 15. The van der Waals surface area contributed by atoms with E-state index in [1.165, 1.54) is 37.1 Å². The van der Waals surface area contributed by atoms with Crippen LogP contribution < -0.4 is 72.5 Å². The number of carbonyl (C=O) groups excluding carboxylic acids is 8. The summed E-state index contributed by atoms with van der Waals surface area (Å²) in [6.07, 6.45) is -25.5. The summed E-state index contributed by atoms with van der Waals surface area (Å²) in [5, 5.41) is 139. The normalized spacial score (nSPS) is 27.8. The van der Waals surface area contributed by atoms with Gasteiger partial charge in [-0.25, -0.2) is 9.59 Å². The first-order chi connectivity index (χ1) is 57.7. The first-order valence-corrected chi connectivity index (χ1v) is 38.9. The fourth-order valence-corrected chi connectivity index (χ4v) is 15.4. The summed E-state index contributed by atoms with van der Waals surface area (Å²) >= 11 is 14.3. The second kappa shape index (κ2) is 37.3. The maximum absolute atomic E-state index is 16.2. The van der Waals surface area contributed by atoms with E-state index in [4.69, 9.17) is 62.1 Å². The van der Waals surface area contributed by atoms with Gasteiger partial charge in [-0.1, -0.05) is 55.2 Å². The number of ether oxygens (including phenoxy) is 8. The number of halogens is 5. The average molecular weight is 1750 g/mol. The number of aliphatic hydroxyl groups excluding tert-OH is 6. The molecule has 656 valence electrons. The quantitative estimate of drug-likeness (QED) is 0.0588. The number of benzene rings is 6. The minimum absolute atomic E-state index is 0.0180. The number of hydrogen-bond acceptors (Lipinski definition) is 28. The number of phenols is 3. The van der Waals surface area contributed by atoms with Gasteiger partial charge in [0.1, 0.15) is 95.2 Å². The molecule has 0 saturated carbocycles. The lowest BCUT2D eigenvalue weighted by atomic mass is 9.84. The van der Waals surface area contributed by atoms with Crippen molar-refractivity contribution in [2.75, 3.05) is 45.2 Å². The second-order valence-corrected chi connectivity index (χ2v) is 31.3. The summed E-state index contributed by atoms with van der Waals surface area (Å²) in [4.78, 5) is 133. The monoisotopic (exact) mass is 1750 g/mol. The molecule has 0 spiro atoms. The third-order valence-electron chi connectivity index (χ3n) is 21.2. The number of phenolic OH excluding ortho intramolecular Hbond substituents is 3. The van der Waals surface area contributed by atoms with Crippen molar-refractivity contribution in [2.45, 2.75) is 169 Å². The van der Waals surface area contributed by atoms with Crippen LogP contribution >= 0.6 is 23.2 Å². The lowest BCUT2D eigenvalue weighted by Gasteiger charge is -2.49. The molecule has 3 unspecified atom stereocenters. The first kappa shape index (κ1) is 90.1. The smallest absolute Gasteiger partial charge is 0.508 e. The molecule has 6 aromatic rings. The number of likely N-dealkylation sites (N-methyl/N-ethyl adjacent to an activating group) is 1. The Hall–Kier alpha value is -11.2. The van der Waals surface area contributed by atoms with Crippen molar-refractivity contribution in [1.29, 1.82) is 0 Å². The lowest BCUT2D eigenvalue weighted by Crippen LogP contribution is -2.66. The molecule has 3 fully saturated rings. The predicted molar refractivity (Wildman–Crippen MR) is 417 cm³/mol. The van der Waals surface area contributed by atoms with Crippen molar-refractivity contribution in [3.63, 3.8) is 0 Å². The van der Waals surface area contributed by atoms with Crippen LogP contribution in [0.25, 0.3) is 11.1 Å². The fraction of sp³-hybridized carbons (Fsp3) is 0.430. The fourth-order valence-electron chi connectivity index (χ4n) is 15.0. The predicted octanol–water partition coefficient (Wildman–Crippen LogP) is 2.57. The first-order valence-electron chi connectivity index (χ1n) is 38.1. The highest BCUT2D eigenvalue weighted by Crippen LogP contribution is 2.50. The molecule has 6 aromatic carbocycles. The SMILES string of the molecule is CN[C@H](CC(C)C)C(=O)N[C@H]1C(=O)NC(CC(N)=O)C(=O)NC2C(=O)N[C@H]3C(=O)N[C@H](C(=O)N[C@@H](C(=O)O)c4cc(O)cc(O)c4-c4cc3ccc4O)[C@H](O)c3ccc(c(Cl)c3)Oc3cc2cc(c3O[C@@H]2O[C@H](CO)[C@@H](O)[C@H](O)[C@H]2O[C@H]2C[C@](C)(NCC3CN(C(=O)Nc4ccc(OC(F)(F)F)cc4)CCO3)[C@H](O)[C@H](C)O2)Oc2ccc(cc2Cl)[C@H]1O. The number of alkyl halides is 3. The van der Waals surface area contributed by atoms with Crippen LogP contribution in [-0.2, 0) is 57.3 Å². The number of carbonyl (C=O) groups is 9. The summed E-state index contributed by atoms with van der Waals surface area (Å²) in [5.41, 5.74) is 1.40. The Morgan fingerprint density at radius 3 is 1.98 bits per heavy atom. The van der Waals surface area contributed by atoms with Crippen LogP contribution in [-0.4, -0.2) is 241 Å². The number of urea groups is 1. The summed E-state index contributed by atoms with van der Waals surface area (Å²) in [6.45, 7) is 5.62. The third-order valence-corrected chi connectivity index (χ3v) is 21.8. The number of hydrogen-bond donors (Lipinski definition) is 20. The van der Waals surface area contributed by atoms with E-state index >= 15 is 14.4 Å². The van der Waals surface area contributed by atoms with Crippen molar-refractivity contribution >= 4 is 82.2 Å². The van der Waals surface area contributed by atoms with Crippen LogP contribution in [0.3, 0.4) is 0 Å². The molecule has 8 aliphatic heterocycles. The minimum atomic E-state index is -4.96. The Morgan fingerprint density at radius 1 is 0.730 bits per heavy atom. The number of aromatic hydroxyl groups is 3. The Morgan fingerprint density at radius 2 is 1.36 bits per heavy atom. The maximum atomic E-state index is 16.2. The van der Waals surface area contributed by atoms with Gasteiger partial charge in [-0.3, -0.25) is 33.6 Å². The zero-order valence-electron chi connectivity index (χ0n) is 65.3. The van der Waals surface area contributed by atoms with Gasteiger partial charge in [0, 0.05) is 60.0 Å². The van der Waals surface area contributed by atoms with Crippen LogP contribution in [0, 0.1) is 5.92 Å². The van der Waals surface area contributed by atoms with Crippen LogP contribution in [0.1, 0.15) is 105 Å². The van der Waals surface area contributed by atoms with Crippen molar-refractivity contribution in [3.05, 3.63) is 141 Å². The van der Waals surface area contributed by atoms with Gasteiger partial charge in [0.05, 0.1) is 54.0 Å². The molecule has 3 saturated heterocycles. The number of carboxylic acid groups (broad SMARTS) is 1. The van der Waals surface area contributed by atoms with E-state index in [1.54, 1.807) is 20.8 Å². The largest absolute Gasteiger partial charge is 0.573 e. The number of primary amides is 1. The summed E-state index contributed by atoms with van der Waals surface area (Å²) in [6, 6.07) is 2.50. The Bertz CT molecular complexity index is 4990. The number of nitrogens with two attached hydrogens (primary N) is 1. The summed E-state index contributed by atoms with van der Waals surface area (Å²) in [5.74, 6) is -17.2. The number of nitrogens with zero attached hydrogens (tertiary/aromatic N) is 1. The highest BCUT2D eigenvalue weighted by molar-refractivity contribution is 6.32. The van der Waals surface area contributed by atoms with E-state index in [9.17, 15) is 93.0 Å². The molecule has 11 bridgehead atoms. The number of anilines is 1. The van der Waals surface area contributed by atoms with Crippen molar-refractivity contribution in [3.8, 4) is 62.9 Å². The molecule has 14 rings (SSSR count). The van der Waals surface area contributed by atoms with E-state index in [0.717, 1.165) is 84.9 Å². The van der Waals surface area contributed by atoms with Crippen LogP contribution in [0.4, 0.5) is 23.7 Å². The van der Waals surface area contributed by atoms with E-state index in [2.05, 4.69) is 52.6 Å². The average Bonchev–Trinajstić information content (AvgIpc) is 0.763. The number of amides is 9. The molecule has 8 aliphatic rings. The van der Waals surface area contributed by atoms with Gasteiger partial charge in [-0.05, 0) is 134 Å². The van der Waals surface area contributed by atoms with Crippen LogP contribution in [0.2, 0.25) is 10.0 Å². The number of aliphatic carboxylic acids is 1. The Balaban J connectivity index is 0.992. The van der Waals surface area contributed by atoms with Gasteiger partial charge in [0.15, 0.2) is 29.9 Å². The molecule has 19 atom stereocenters. The molecule has 0 aromatic heterocycles. The molecule has 9 amide bonds. The highest BCUT2D eigenvalue weighted by atomic mass is 35.5. The molecular weight excluding hydrogens is 1660 g/mol. The second-order valence-electron chi connectivity index (χ2n) is 30.4.